The quantitative estimate of drug-likeness (QED) is 0.387. The molecule has 1 saturated carbocycles. The van der Waals surface area contributed by atoms with Gasteiger partial charge in [-0.3, -0.25) is 9.59 Å². The van der Waals surface area contributed by atoms with Crippen LogP contribution in [0.4, 0.5) is 4.39 Å². The summed E-state index contributed by atoms with van der Waals surface area (Å²) >= 11 is 0. The highest BCUT2D eigenvalue weighted by molar-refractivity contribution is 5.94. The normalized spacial score (nSPS) is 16.1. The third kappa shape index (κ3) is 7.85. The standard InChI is InChI=1S/C28H40FN3O5/c1-18(2)26-24(14-13-22(33)15-23(34)16-25(35)36)32(21-11-9-20(29)10-12-21)30-27(26)28(37)31(3)17-19-7-5-4-6-8-19/h9-12,18-19,22-23,33-34H,4-8,13-17H2,1-3H3,(H,35,36)/t22-,23-/m1/s1. The Labute approximate surface area is 218 Å². The molecule has 1 aromatic heterocycles. The van der Waals surface area contributed by atoms with Crippen molar-refractivity contribution in [2.45, 2.75) is 89.8 Å². The summed E-state index contributed by atoms with van der Waals surface area (Å²) in [4.78, 5) is 26.2. The van der Waals surface area contributed by atoms with Crippen LogP contribution < -0.4 is 0 Å². The molecule has 0 unspecified atom stereocenters. The second-order valence-corrected chi connectivity index (χ2v) is 10.6. The molecule has 0 bridgehead atoms. The molecule has 0 saturated heterocycles. The molecule has 1 aliphatic carbocycles. The summed E-state index contributed by atoms with van der Waals surface area (Å²) in [6, 6.07) is 5.87. The van der Waals surface area contributed by atoms with E-state index in [9.17, 15) is 24.2 Å². The molecule has 9 heteroatoms. The maximum atomic E-state index is 13.6. The molecule has 1 aliphatic rings. The van der Waals surface area contributed by atoms with Crippen LogP contribution in [-0.2, 0) is 11.2 Å². The number of hydrogen-bond acceptors (Lipinski definition) is 5. The summed E-state index contributed by atoms with van der Waals surface area (Å²) in [6.45, 7) is 4.65. The number of halogens is 1. The van der Waals surface area contributed by atoms with Crippen molar-refractivity contribution in [1.29, 1.82) is 0 Å². The Bertz CT molecular complexity index is 1050. The van der Waals surface area contributed by atoms with Crippen LogP contribution in [0.5, 0.6) is 0 Å². The molecule has 2 atom stereocenters. The van der Waals surface area contributed by atoms with Gasteiger partial charge in [-0.25, -0.2) is 9.07 Å². The van der Waals surface area contributed by atoms with E-state index in [1.54, 1.807) is 21.7 Å². The van der Waals surface area contributed by atoms with E-state index < -0.39 is 24.6 Å². The first-order chi connectivity index (χ1) is 17.6. The van der Waals surface area contributed by atoms with Gasteiger partial charge in [0.1, 0.15) is 5.82 Å². The number of hydrogen-bond donors (Lipinski definition) is 3. The lowest BCUT2D eigenvalue weighted by Crippen LogP contribution is -2.33. The topological polar surface area (TPSA) is 116 Å². The summed E-state index contributed by atoms with van der Waals surface area (Å²) in [5.74, 6) is -1.23. The fourth-order valence-corrected chi connectivity index (χ4v) is 5.31. The van der Waals surface area contributed by atoms with E-state index in [1.165, 1.54) is 31.4 Å². The third-order valence-corrected chi connectivity index (χ3v) is 7.15. The second kappa shape index (κ2) is 13.1. The van der Waals surface area contributed by atoms with Gasteiger partial charge in [0.05, 0.1) is 24.3 Å². The van der Waals surface area contributed by atoms with Gasteiger partial charge < -0.3 is 20.2 Å². The molecule has 37 heavy (non-hydrogen) atoms. The molecule has 204 valence electrons. The number of carbonyl (C=O) groups is 2. The van der Waals surface area contributed by atoms with E-state index in [-0.39, 0.29) is 30.5 Å². The van der Waals surface area contributed by atoms with Crippen molar-refractivity contribution in [3.63, 3.8) is 0 Å². The number of carboxylic acid groups (broad SMARTS) is 1. The second-order valence-electron chi connectivity index (χ2n) is 10.6. The molecule has 3 rings (SSSR count). The van der Waals surface area contributed by atoms with E-state index in [2.05, 4.69) is 0 Å². The molecule has 1 amide bonds. The number of aromatic nitrogens is 2. The number of aliphatic hydroxyl groups excluding tert-OH is 2. The Kier molecular flexibility index (Phi) is 10.2. The van der Waals surface area contributed by atoms with Gasteiger partial charge >= 0.3 is 5.97 Å². The number of carboxylic acids is 1. The number of aliphatic carboxylic acids is 1. The minimum absolute atomic E-state index is 0.0408. The van der Waals surface area contributed by atoms with Crippen LogP contribution in [0.3, 0.4) is 0 Å². The lowest BCUT2D eigenvalue weighted by molar-refractivity contribution is -0.139. The van der Waals surface area contributed by atoms with Crippen molar-refractivity contribution in [3.05, 3.63) is 47.0 Å². The highest BCUT2D eigenvalue weighted by Gasteiger charge is 2.29. The molecular formula is C28H40FN3O5. The van der Waals surface area contributed by atoms with Crippen LogP contribution in [0.25, 0.3) is 5.69 Å². The monoisotopic (exact) mass is 517 g/mol. The van der Waals surface area contributed by atoms with E-state index in [4.69, 9.17) is 10.2 Å². The Morgan fingerprint density at radius 1 is 1.11 bits per heavy atom. The van der Waals surface area contributed by atoms with Crippen LogP contribution in [0, 0.1) is 11.7 Å². The summed E-state index contributed by atoms with van der Waals surface area (Å²) in [6.07, 6.45) is 3.88. The van der Waals surface area contributed by atoms with Gasteiger partial charge in [-0.2, -0.15) is 5.10 Å². The number of nitrogens with zero attached hydrogens (tertiary/aromatic N) is 3. The Morgan fingerprint density at radius 3 is 2.35 bits per heavy atom. The van der Waals surface area contributed by atoms with Gasteiger partial charge in [0.2, 0.25) is 0 Å². The molecule has 8 nitrogen and oxygen atoms in total. The number of rotatable bonds is 12. The molecule has 1 aromatic carbocycles. The van der Waals surface area contributed by atoms with Crippen LogP contribution in [0.2, 0.25) is 0 Å². The third-order valence-electron chi connectivity index (χ3n) is 7.15. The zero-order valence-electron chi connectivity index (χ0n) is 22.1. The number of amides is 1. The summed E-state index contributed by atoms with van der Waals surface area (Å²) < 4.78 is 15.3. The van der Waals surface area contributed by atoms with E-state index in [0.29, 0.717) is 30.3 Å². The Balaban J connectivity index is 1.91. The van der Waals surface area contributed by atoms with Crippen molar-refractivity contribution in [2.24, 2.45) is 5.92 Å². The lowest BCUT2D eigenvalue weighted by atomic mass is 9.89. The fraction of sp³-hybridized carbons (Fsp3) is 0.607. The first-order valence-corrected chi connectivity index (χ1v) is 13.3. The number of carbonyl (C=O) groups excluding carboxylic acids is 1. The first kappa shape index (κ1) is 28.8. The first-order valence-electron chi connectivity index (χ1n) is 13.3. The van der Waals surface area contributed by atoms with Gasteiger partial charge in [-0.1, -0.05) is 33.1 Å². The van der Waals surface area contributed by atoms with Crippen molar-refractivity contribution in [2.75, 3.05) is 13.6 Å². The summed E-state index contributed by atoms with van der Waals surface area (Å²) in [7, 11) is 1.81. The van der Waals surface area contributed by atoms with Gasteiger partial charge in [0.25, 0.3) is 5.91 Å². The van der Waals surface area contributed by atoms with E-state index >= 15 is 0 Å². The fourth-order valence-electron chi connectivity index (χ4n) is 5.31. The number of benzene rings is 1. The number of aliphatic hydroxyl groups is 2. The van der Waals surface area contributed by atoms with Crippen LogP contribution in [-0.4, -0.2) is 67.7 Å². The van der Waals surface area contributed by atoms with Gasteiger partial charge in [0, 0.05) is 24.8 Å². The molecular weight excluding hydrogens is 477 g/mol. The maximum Gasteiger partial charge on any atom is 0.305 e. The van der Waals surface area contributed by atoms with Crippen molar-refractivity contribution in [1.82, 2.24) is 14.7 Å². The molecule has 1 fully saturated rings. The molecule has 1 heterocycles. The molecule has 0 spiro atoms. The van der Waals surface area contributed by atoms with Crippen molar-refractivity contribution >= 4 is 11.9 Å². The molecule has 2 aromatic rings. The zero-order valence-corrected chi connectivity index (χ0v) is 22.1. The van der Waals surface area contributed by atoms with Gasteiger partial charge in [-0.15, -0.1) is 0 Å². The summed E-state index contributed by atoms with van der Waals surface area (Å²) in [5, 5.41) is 34.0. The van der Waals surface area contributed by atoms with Crippen molar-refractivity contribution in [3.8, 4) is 5.69 Å². The lowest BCUT2D eigenvalue weighted by Gasteiger charge is -2.27. The summed E-state index contributed by atoms with van der Waals surface area (Å²) in [5.41, 5.74) is 2.48. The Morgan fingerprint density at radius 2 is 1.76 bits per heavy atom. The maximum absolute atomic E-state index is 13.6. The van der Waals surface area contributed by atoms with Gasteiger partial charge in [0.15, 0.2) is 5.69 Å². The molecule has 0 radical (unpaired) electrons. The molecule has 0 aliphatic heterocycles. The zero-order chi connectivity index (χ0) is 27.1. The van der Waals surface area contributed by atoms with E-state index in [0.717, 1.165) is 24.1 Å². The van der Waals surface area contributed by atoms with Gasteiger partial charge in [-0.05, 0) is 68.2 Å². The minimum Gasteiger partial charge on any atom is -0.481 e. The SMILES string of the molecule is CC(C)c1c(C(=O)N(C)CC2CCCCC2)nn(-c2ccc(F)cc2)c1CC[C@@H](O)C[C@@H](O)CC(=O)O. The smallest absolute Gasteiger partial charge is 0.305 e. The molecule has 3 N–H and O–H groups in total. The van der Waals surface area contributed by atoms with Crippen molar-refractivity contribution < 1.29 is 29.3 Å². The highest BCUT2D eigenvalue weighted by Crippen LogP contribution is 2.30. The predicted molar refractivity (Wildman–Crippen MR) is 138 cm³/mol. The van der Waals surface area contributed by atoms with Crippen LogP contribution >= 0.6 is 0 Å². The minimum atomic E-state index is -1.15. The Hall–Kier alpha value is -2.78. The largest absolute Gasteiger partial charge is 0.481 e. The van der Waals surface area contributed by atoms with Crippen LogP contribution in [0.15, 0.2) is 24.3 Å². The average molecular weight is 518 g/mol. The highest BCUT2D eigenvalue weighted by atomic mass is 19.1. The van der Waals surface area contributed by atoms with E-state index in [1.807, 2.05) is 20.9 Å². The predicted octanol–water partition coefficient (Wildman–Crippen LogP) is 4.31. The van der Waals surface area contributed by atoms with Crippen LogP contribution in [0.1, 0.15) is 92.9 Å². The average Bonchev–Trinajstić information content (AvgIpc) is 3.22.